The van der Waals surface area contributed by atoms with Gasteiger partial charge in [-0.3, -0.25) is 4.79 Å². The summed E-state index contributed by atoms with van der Waals surface area (Å²) in [6, 6.07) is 11.6. The second-order valence-electron chi connectivity index (χ2n) is 6.90. The molecule has 0 saturated carbocycles. The van der Waals surface area contributed by atoms with E-state index in [0.29, 0.717) is 5.56 Å². The molecule has 0 N–H and O–H groups in total. The number of aryl methyl sites for hydroxylation is 3. The van der Waals surface area contributed by atoms with Gasteiger partial charge in [-0.15, -0.1) is 0 Å². The third kappa shape index (κ3) is 2.92. The Morgan fingerprint density at radius 3 is 2.54 bits per heavy atom. The van der Waals surface area contributed by atoms with Gasteiger partial charge in [-0.1, -0.05) is 5.16 Å². The number of hydrogen-bond donors (Lipinski definition) is 0. The first-order valence-corrected chi connectivity index (χ1v) is 8.91. The van der Waals surface area contributed by atoms with Crippen LogP contribution in [0.15, 0.2) is 40.9 Å². The molecule has 6 nitrogen and oxygen atoms in total. The van der Waals surface area contributed by atoms with E-state index in [4.69, 9.17) is 4.52 Å². The minimum Gasteiger partial charge on any atom is -0.361 e. The number of amides is 1. The van der Waals surface area contributed by atoms with E-state index in [1.807, 2.05) is 66.8 Å². The number of hydrogen-bond acceptors (Lipinski definition) is 4. The third-order valence-corrected chi connectivity index (χ3v) is 4.87. The van der Waals surface area contributed by atoms with E-state index < -0.39 is 0 Å². The molecule has 0 radical (unpaired) electrons. The van der Waals surface area contributed by atoms with Crippen LogP contribution in [0.5, 0.6) is 0 Å². The van der Waals surface area contributed by atoms with E-state index in [0.717, 1.165) is 47.9 Å². The SMILES string of the molecule is Cc1cc(C)n(-c2ccc(C(=O)N3CCC[C@@H]3c3cc(C)on3)cc2)n1. The topological polar surface area (TPSA) is 64.2 Å². The molecule has 3 heterocycles. The monoisotopic (exact) mass is 350 g/mol. The zero-order valence-corrected chi connectivity index (χ0v) is 15.3. The van der Waals surface area contributed by atoms with Crippen LogP contribution in [0.4, 0.5) is 0 Å². The zero-order chi connectivity index (χ0) is 18.3. The maximum absolute atomic E-state index is 13.0. The first-order valence-electron chi connectivity index (χ1n) is 8.91. The van der Waals surface area contributed by atoms with Crippen molar-refractivity contribution in [3.8, 4) is 5.69 Å². The predicted molar refractivity (Wildman–Crippen MR) is 97.3 cm³/mol. The lowest BCUT2D eigenvalue weighted by molar-refractivity contribution is 0.0731. The Labute approximate surface area is 152 Å². The highest BCUT2D eigenvalue weighted by Crippen LogP contribution is 2.32. The summed E-state index contributed by atoms with van der Waals surface area (Å²) >= 11 is 0. The van der Waals surface area contributed by atoms with Crippen LogP contribution < -0.4 is 0 Å². The summed E-state index contributed by atoms with van der Waals surface area (Å²) < 4.78 is 7.08. The second kappa shape index (κ2) is 6.44. The van der Waals surface area contributed by atoms with Crippen LogP contribution in [-0.4, -0.2) is 32.3 Å². The molecule has 1 aliphatic heterocycles. The molecule has 1 saturated heterocycles. The summed E-state index contributed by atoms with van der Waals surface area (Å²) in [6.07, 6.45) is 1.90. The van der Waals surface area contributed by atoms with E-state index in [-0.39, 0.29) is 11.9 Å². The minimum absolute atomic E-state index is 0.00404. The Kier molecular flexibility index (Phi) is 4.11. The van der Waals surface area contributed by atoms with E-state index in [9.17, 15) is 4.79 Å². The van der Waals surface area contributed by atoms with Gasteiger partial charge in [0.25, 0.3) is 5.91 Å². The summed E-state index contributed by atoms with van der Waals surface area (Å²) in [5.74, 6) is 0.807. The van der Waals surface area contributed by atoms with Crippen LogP contribution in [0.2, 0.25) is 0 Å². The zero-order valence-electron chi connectivity index (χ0n) is 15.3. The van der Waals surface area contributed by atoms with Gasteiger partial charge in [0.05, 0.1) is 17.4 Å². The molecule has 1 atom stereocenters. The van der Waals surface area contributed by atoms with Gasteiger partial charge in [0.1, 0.15) is 11.5 Å². The fraction of sp³-hybridized carbons (Fsp3) is 0.350. The van der Waals surface area contributed by atoms with Crippen LogP contribution in [-0.2, 0) is 0 Å². The molecule has 3 aromatic rings. The summed E-state index contributed by atoms with van der Waals surface area (Å²) in [5, 5.41) is 8.60. The molecule has 1 aromatic carbocycles. The van der Waals surface area contributed by atoms with Gasteiger partial charge in [-0.05, 0) is 63.9 Å². The van der Waals surface area contributed by atoms with Crippen LogP contribution in [0.25, 0.3) is 5.69 Å². The van der Waals surface area contributed by atoms with Crippen LogP contribution >= 0.6 is 0 Å². The highest BCUT2D eigenvalue weighted by Gasteiger charge is 2.32. The summed E-state index contributed by atoms with van der Waals surface area (Å²) in [6.45, 7) is 6.61. The molecule has 1 fully saturated rings. The minimum atomic E-state index is -0.00404. The molecule has 4 rings (SSSR count). The first kappa shape index (κ1) is 16.6. The molecule has 0 spiro atoms. The van der Waals surface area contributed by atoms with Gasteiger partial charge in [-0.25, -0.2) is 4.68 Å². The van der Waals surface area contributed by atoms with Gasteiger partial charge in [0, 0.05) is 23.9 Å². The fourth-order valence-electron chi connectivity index (χ4n) is 3.66. The molecular formula is C20H22N4O2. The van der Waals surface area contributed by atoms with Crippen molar-refractivity contribution in [2.24, 2.45) is 0 Å². The second-order valence-corrected chi connectivity index (χ2v) is 6.90. The van der Waals surface area contributed by atoms with E-state index in [2.05, 4.69) is 10.3 Å². The van der Waals surface area contributed by atoms with Crippen LogP contribution in [0.3, 0.4) is 0 Å². The van der Waals surface area contributed by atoms with Crippen molar-refractivity contribution < 1.29 is 9.32 Å². The number of carbonyl (C=O) groups is 1. The van der Waals surface area contributed by atoms with Crippen molar-refractivity contribution in [2.75, 3.05) is 6.54 Å². The Bertz CT molecular complexity index is 939. The van der Waals surface area contributed by atoms with Gasteiger partial charge in [-0.2, -0.15) is 5.10 Å². The average Bonchev–Trinajstić information content (AvgIpc) is 3.34. The number of likely N-dealkylation sites (tertiary alicyclic amines) is 1. The van der Waals surface area contributed by atoms with Gasteiger partial charge >= 0.3 is 0 Å². The lowest BCUT2D eigenvalue weighted by atomic mass is 10.1. The Morgan fingerprint density at radius 2 is 1.92 bits per heavy atom. The van der Waals surface area contributed by atoms with Gasteiger partial charge < -0.3 is 9.42 Å². The maximum Gasteiger partial charge on any atom is 0.254 e. The van der Waals surface area contributed by atoms with E-state index in [1.165, 1.54) is 0 Å². The normalized spacial score (nSPS) is 17.0. The quantitative estimate of drug-likeness (QED) is 0.721. The number of nitrogens with zero attached hydrogens (tertiary/aromatic N) is 4. The largest absolute Gasteiger partial charge is 0.361 e. The molecule has 2 aromatic heterocycles. The highest BCUT2D eigenvalue weighted by atomic mass is 16.5. The summed E-state index contributed by atoms with van der Waals surface area (Å²) in [5.41, 5.74) is 4.53. The first-order chi connectivity index (χ1) is 12.5. The van der Waals surface area contributed by atoms with Crippen LogP contribution in [0, 0.1) is 20.8 Å². The lowest BCUT2D eigenvalue weighted by Crippen LogP contribution is -2.30. The van der Waals surface area contributed by atoms with Crippen LogP contribution in [0.1, 0.15) is 52.1 Å². The van der Waals surface area contributed by atoms with Crippen molar-refractivity contribution in [3.63, 3.8) is 0 Å². The summed E-state index contributed by atoms with van der Waals surface area (Å²) in [7, 11) is 0. The lowest BCUT2D eigenvalue weighted by Gasteiger charge is -2.23. The predicted octanol–water partition coefficient (Wildman–Crippen LogP) is 3.76. The van der Waals surface area contributed by atoms with Crippen molar-refractivity contribution in [2.45, 2.75) is 39.7 Å². The van der Waals surface area contributed by atoms with Crippen molar-refractivity contribution in [3.05, 3.63) is 64.8 Å². The molecule has 134 valence electrons. The van der Waals surface area contributed by atoms with Gasteiger partial charge in [0.15, 0.2) is 0 Å². The van der Waals surface area contributed by atoms with E-state index in [1.54, 1.807) is 0 Å². The smallest absolute Gasteiger partial charge is 0.254 e. The third-order valence-electron chi connectivity index (χ3n) is 4.87. The summed E-state index contributed by atoms with van der Waals surface area (Å²) in [4.78, 5) is 14.9. The molecule has 0 unspecified atom stereocenters. The molecule has 0 bridgehead atoms. The van der Waals surface area contributed by atoms with Crippen molar-refractivity contribution in [1.82, 2.24) is 19.8 Å². The average molecular weight is 350 g/mol. The number of carbonyl (C=O) groups excluding carboxylic acids is 1. The standard InChI is InChI=1S/C20H22N4O2/c1-13-11-14(2)24(21-13)17-8-6-16(7-9-17)20(25)23-10-4-5-19(23)18-12-15(3)26-22-18/h6-9,11-12,19H,4-5,10H2,1-3H3/t19-/m1/s1. The number of benzene rings is 1. The maximum atomic E-state index is 13.0. The number of aromatic nitrogens is 3. The Morgan fingerprint density at radius 1 is 1.15 bits per heavy atom. The Balaban J connectivity index is 1.57. The van der Waals surface area contributed by atoms with E-state index >= 15 is 0 Å². The number of rotatable bonds is 3. The molecule has 6 heteroatoms. The molecule has 1 aliphatic rings. The molecule has 26 heavy (non-hydrogen) atoms. The molecular weight excluding hydrogens is 328 g/mol. The Hall–Kier alpha value is -2.89. The molecule has 1 amide bonds. The van der Waals surface area contributed by atoms with Crippen molar-refractivity contribution >= 4 is 5.91 Å². The van der Waals surface area contributed by atoms with Gasteiger partial charge in [0.2, 0.25) is 0 Å². The van der Waals surface area contributed by atoms with Crippen molar-refractivity contribution in [1.29, 1.82) is 0 Å². The highest BCUT2D eigenvalue weighted by molar-refractivity contribution is 5.94. The molecule has 0 aliphatic carbocycles. The fourth-order valence-corrected chi connectivity index (χ4v) is 3.66.